The van der Waals surface area contributed by atoms with Crippen LogP contribution in [0.4, 0.5) is 14.9 Å². The van der Waals surface area contributed by atoms with Crippen molar-refractivity contribution < 1.29 is 37.8 Å². The summed E-state index contributed by atoms with van der Waals surface area (Å²) in [7, 11) is 0. The third kappa shape index (κ3) is 11.3. The number of carbonyl (C=O) groups excluding carboxylic acids is 5. The molecule has 8 rings (SSSR count). The maximum absolute atomic E-state index is 15.4. The maximum atomic E-state index is 15.4. The molecule has 3 aliphatic rings. The van der Waals surface area contributed by atoms with Crippen LogP contribution in [0, 0.1) is 12.7 Å². The van der Waals surface area contributed by atoms with E-state index in [1.807, 2.05) is 43.3 Å². The Kier molecular flexibility index (Phi) is 16.2. The number of fused-ring (bicyclic) bond motifs is 5. The van der Waals surface area contributed by atoms with Gasteiger partial charge in [-0.25, -0.2) is 14.2 Å². The van der Waals surface area contributed by atoms with Gasteiger partial charge < -0.3 is 41.0 Å². The van der Waals surface area contributed by atoms with Gasteiger partial charge >= 0.3 is 12.1 Å². The zero-order chi connectivity index (χ0) is 50.2. The first-order valence-corrected chi connectivity index (χ1v) is 25.1. The maximum Gasteiger partial charge on any atom is 0.407 e. The number of nitrogens with one attached hydrogen (secondary N) is 4. The molecule has 1 aliphatic carbocycles. The van der Waals surface area contributed by atoms with Crippen LogP contribution in [0.3, 0.4) is 0 Å². The van der Waals surface area contributed by atoms with Gasteiger partial charge in [-0.3, -0.25) is 24.0 Å². The first kappa shape index (κ1) is 50.4. The molecule has 0 saturated heterocycles. The molecule has 4 atom stereocenters. The number of benzene rings is 3. The number of rotatable bonds is 21. The number of pyridine rings is 2. The van der Waals surface area contributed by atoms with Crippen LogP contribution in [0.2, 0.25) is 0 Å². The molecule has 15 nitrogen and oxygen atoms in total. The highest BCUT2D eigenvalue weighted by molar-refractivity contribution is 5.98. The first-order valence-electron chi connectivity index (χ1n) is 25.1. The number of esters is 1. The van der Waals surface area contributed by atoms with Crippen LogP contribution in [0.15, 0.2) is 71.5 Å². The van der Waals surface area contributed by atoms with Gasteiger partial charge in [0.15, 0.2) is 0 Å². The number of aryl methyl sites for hydroxylation is 1. The summed E-state index contributed by atoms with van der Waals surface area (Å²) >= 11 is 0. The molecule has 0 bridgehead atoms. The molecule has 0 fully saturated rings. The van der Waals surface area contributed by atoms with Crippen molar-refractivity contribution in [3.05, 3.63) is 127 Å². The van der Waals surface area contributed by atoms with Gasteiger partial charge in [0.2, 0.25) is 17.7 Å². The molecule has 0 saturated carbocycles. The van der Waals surface area contributed by atoms with E-state index in [1.54, 1.807) is 35.8 Å². The fourth-order valence-electron chi connectivity index (χ4n) is 10.2. The fraction of sp³-hybridized carbons (Fsp3) is 0.436. The summed E-state index contributed by atoms with van der Waals surface area (Å²) in [5.74, 6) is -2.45. The lowest BCUT2D eigenvalue weighted by atomic mass is 9.81. The van der Waals surface area contributed by atoms with E-state index in [9.17, 15) is 28.8 Å². The molecule has 16 heteroatoms. The van der Waals surface area contributed by atoms with Crippen LogP contribution in [0.5, 0.6) is 0 Å². The minimum atomic E-state index is -0.906. The Balaban J connectivity index is 0.931. The van der Waals surface area contributed by atoms with Gasteiger partial charge in [-0.1, -0.05) is 82.0 Å². The van der Waals surface area contributed by atoms with Crippen molar-refractivity contribution in [2.45, 2.75) is 148 Å². The van der Waals surface area contributed by atoms with Crippen molar-refractivity contribution in [3.8, 4) is 11.4 Å². The van der Waals surface area contributed by atoms with Crippen LogP contribution in [-0.4, -0.2) is 58.0 Å². The summed E-state index contributed by atoms with van der Waals surface area (Å²) in [6, 6.07) is 17.1. The van der Waals surface area contributed by atoms with Crippen molar-refractivity contribution in [2.24, 2.45) is 5.73 Å². The molecular formula is C55H64FN7O8. The van der Waals surface area contributed by atoms with Crippen molar-refractivity contribution in [1.29, 1.82) is 0 Å². The molecule has 2 aromatic heterocycles. The molecule has 0 radical (unpaired) electrons. The minimum Gasteiger partial charge on any atom is -0.460 e. The predicted octanol–water partition coefficient (Wildman–Crippen LogP) is 7.98. The lowest BCUT2D eigenvalue weighted by Crippen LogP contribution is -2.53. The van der Waals surface area contributed by atoms with E-state index in [0.717, 1.165) is 59.7 Å². The number of ether oxygens (including phenoxy) is 2. The molecule has 4 amide bonds. The van der Waals surface area contributed by atoms with Crippen LogP contribution >= 0.6 is 0 Å². The predicted molar refractivity (Wildman–Crippen MR) is 268 cm³/mol. The van der Waals surface area contributed by atoms with Gasteiger partial charge in [-0.05, 0) is 110 Å². The van der Waals surface area contributed by atoms with Crippen LogP contribution in [-0.2, 0) is 61.3 Å². The number of nitrogens with zero attached hydrogens (tertiary/aromatic N) is 2. The third-order valence-corrected chi connectivity index (χ3v) is 14.1. The van der Waals surface area contributed by atoms with Gasteiger partial charge in [-0.2, -0.15) is 0 Å². The van der Waals surface area contributed by atoms with E-state index in [1.165, 1.54) is 6.07 Å². The Morgan fingerprint density at radius 3 is 2.41 bits per heavy atom. The second-order valence-corrected chi connectivity index (χ2v) is 18.9. The standard InChI is InChI=1S/C55H64FN7O8/c1-4-6-7-8-12-18-47(64)59-45(26-33-15-10-9-11-16-33)52(66)61-43(17-13-14-25-57)51(65)58-35-21-19-34(20-22-35)30-71-55(69)62-42-24-23-37-32(3)41(56)28-44-48(37)49(42)39-29-63-46(50(39)60-44)27-38-36(5-2)54(68)70-31-40(38)53(63)67/h9-11,15-16,19-22,27-28,36,42-43,45H,4-8,12-14,17-18,23-26,29-31,57H2,1-3H3,(H,58,65)(H,59,64)(H,61,66)(H,62,69)/t36?,42-,43-,45-/m0/s1. The highest BCUT2D eigenvalue weighted by Crippen LogP contribution is 2.45. The summed E-state index contributed by atoms with van der Waals surface area (Å²) < 4.78 is 28.2. The second kappa shape index (κ2) is 22.9. The second-order valence-electron chi connectivity index (χ2n) is 18.9. The Morgan fingerprint density at radius 1 is 0.887 bits per heavy atom. The molecule has 6 N–H and O–H groups in total. The van der Waals surface area contributed by atoms with Crippen LogP contribution < -0.4 is 32.6 Å². The smallest absolute Gasteiger partial charge is 0.407 e. The van der Waals surface area contributed by atoms with Gasteiger partial charge in [0, 0.05) is 35.5 Å². The van der Waals surface area contributed by atoms with Crippen LogP contribution in [0.25, 0.3) is 22.3 Å². The number of halogens is 1. The zero-order valence-corrected chi connectivity index (χ0v) is 40.8. The SMILES string of the molecule is CCCCCCCC(=O)N[C@@H](Cc1ccccc1)C(=O)N[C@@H](CCCCN)C(=O)Nc1ccc(COC(=O)N[C@H]2CCc3c(C)c(F)cc4nc5c(c2c34)Cn2c-5cc3c(c2=O)COC(=O)C3CC)cc1. The largest absolute Gasteiger partial charge is 0.460 e. The third-order valence-electron chi connectivity index (χ3n) is 14.1. The average Bonchev–Trinajstić information content (AvgIpc) is 3.73. The van der Waals surface area contributed by atoms with Gasteiger partial charge in [0.05, 0.1) is 41.0 Å². The summed E-state index contributed by atoms with van der Waals surface area (Å²) in [4.78, 5) is 86.0. The number of hydrogen-bond acceptors (Lipinski definition) is 10. The van der Waals surface area contributed by atoms with E-state index in [-0.39, 0.29) is 49.4 Å². The quantitative estimate of drug-likeness (QED) is 0.0347. The van der Waals surface area contributed by atoms with Crippen molar-refractivity contribution in [2.75, 3.05) is 11.9 Å². The van der Waals surface area contributed by atoms with E-state index in [4.69, 9.17) is 20.2 Å². The van der Waals surface area contributed by atoms with E-state index in [2.05, 4.69) is 28.2 Å². The molecule has 71 heavy (non-hydrogen) atoms. The number of amides is 4. The summed E-state index contributed by atoms with van der Waals surface area (Å²) in [6.07, 6.45) is 7.80. The van der Waals surface area contributed by atoms with Crippen molar-refractivity contribution in [1.82, 2.24) is 25.5 Å². The molecule has 1 unspecified atom stereocenters. The fourth-order valence-corrected chi connectivity index (χ4v) is 10.2. The molecule has 3 aromatic carbocycles. The Hall–Kier alpha value is -6.94. The van der Waals surface area contributed by atoms with E-state index < -0.39 is 42.0 Å². The highest BCUT2D eigenvalue weighted by Gasteiger charge is 2.38. The Morgan fingerprint density at radius 2 is 1.66 bits per heavy atom. The average molecular weight is 970 g/mol. The number of alkyl carbamates (subject to hydrolysis) is 1. The molecule has 0 spiro atoms. The summed E-state index contributed by atoms with van der Waals surface area (Å²) in [5.41, 5.74) is 12.8. The van der Waals surface area contributed by atoms with Gasteiger partial charge in [0.25, 0.3) is 5.56 Å². The molecule has 374 valence electrons. The highest BCUT2D eigenvalue weighted by atomic mass is 19.1. The molecular weight excluding hydrogens is 906 g/mol. The van der Waals surface area contributed by atoms with Crippen molar-refractivity contribution >= 4 is 46.4 Å². The number of carbonyl (C=O) groups is 5. The monoisotopic (exact) mass is 969 g/mol. The first-order chi connectivity index (χ1) is 34.4. The molecule has 5 aromatic rings. The van der Waals surface area contributed by atoms with E-state index >= 15 is 4.39 Å². The summed E-state index contributed by atoms with van der Waals surface area (Å²) in [6.45, 7) is 6.14. The topological polar surface area (TPSA) is 213 Å². The normalized spacial score (nSPS) is 16.2. The summed E-state index contributed by atoms with van der Waals surface area (Å²) in [5, 5.41) is 12.5. The molecule has 4 heterocycles. The van der Waals surface area contributed by atoms with E-state index in [0.29, 0.717) is 96.3 Å². The lowest BCUT2D eigenvalue weighted by Gasteiger charge is -2.29. The Bertz CT molecular complexity index is 2870. The number of cyclic esters (lactones) is 1. The van der Waals surface area contributed by atoms with Crippen LogP contribution in [0.1, 0.15) is 141 Å². The number of nitrogens with two attached hydrogens (primary N) is 1. The van der Waals surface area contributed by atoms with Gasteiger partial charge in [-0.15, -0.1) is 0 Å². The zero-order valence-electron chi connectivity index (χ0n) is 40.8. The Labute approximate surface area is 412 Å². The van der Waals surface area contributed by atoms with Crippen molar-refractivity contribution in [3.63, 3.8) is 0 Å². The number of aromatic nitrogens is 2. The lowest BCUT2D eigenvalue weighted by molar-refractivity contribution is -0.148. The number of unbranched alkanes of at least 4 members (excludes halogenated alkanes) is 5. The number of hydrogen-bond donors (Lipinski definition) is 5. The minimum absolute atomic E-state index is 0.0889. The number of anilines is 1. The molecule has 2 aliphatic heterocycles. The van der Waals surface area contributed by atoms with Gasteiger partial charge in [0.1, 0.15) is 31.1 Å².